The quantitative estimate of drug-likeness (QED) is 0.545. The van der Waals surface area contributed by atoms with Crippen molar-refractivity contribution in [2.24, 2.45) is 5.92 Å². The first-order valence-electron chi connectivity index (χ1n) is 5.29. The molecule has 0 fully saturated rings. The van der Waals surface area contributed by atoms with Gasteiger partial charge in [-0.05, 0) is 19.8 Å². The summed E-state index contributed by atoms with van der Waals surface area (Å²) in [4.78, 5) is 11.2. The maximum absolute atomic E-state index is 11.2. The maximum Gasteiger partial charge on any atom is 0.135 e. The lowest BCUT2D eigenvalue weighted by Crippen LogP contribution is -2.06. The minimum Gasteiger partial charge on any atom is -0.382 e. The normalized spacial score (nSPS) is 10.8. The zero-order valence-corrected chi connectivity index (χ0v) is 9.14. The predicted octanol–water partition coefficient (Wildman–Crippen LogP) is 2.81. The van der Waals surface area contributed by atoms with Crippen LogP contribution in [0.2, 0.25) is 0 Å². The standard InChI is InChI=1S/C11H22O2/c1-4-13-9-7-5-6-8-11(12)10(2)3/h10H,4-9H2,1-3H3. The van der Waals surface area contributed by atoms with Gasteiger partial charge in [0.25, 0.3) is 0 Å². The topological polar surface area (TPSA) is 26.3 Å². The molecule has 0 aromatic carbocycles. The van der Waals surface area contributed by atoms with E-state index in [0.717, 1.165) is 38.9 Å². The van der Waals surface area contributed by atoms with Crippen LogP contribution in [0.15, 0.2) is 0 Å². The van der Waals surface area contributed by atoms with Crippen LogP contribution in [0.4, 0.5) is 0 Å². The number of Topliss-reactive ketones (excluding diaryl/α,β-unsaturated/α-hetero) is 1. The largest absolute Gasteiger partial charge is 0.382 e. The molecule has 0 aromatic heterocycles. The van der Waals surface area contributed by atoms with E-state index < -0.39 is 0 Å². The second kappa shape index (κ2) is 8.24. The lowest BCUT2D eigenvalue weighted by molar-refractivity contribution is -0.122. The van der Waals surface area contributed by atoms with E-state index in [4.69, 9.17) is 4.74 Å². The third-order valence-corrected chi connectivity index (χ3v) is 2.06. The molecule has 2 heteroatoms. The molecule has 0 bridgehead atoms. The van der Waals surface area contributed by atoms with Crippen molar-refractivity contribution in [3.63, 3.8) is 0 Å². The highest BCUT2D eigenvalue weighted by Crippen LogP contribution is 2.05. The Morgan fingerprint density at radius 2 is 1.92 bits per heavy atom. The molecule has 0 aliphatic carbocycles. The van der Waals surface area contributed by atoms with Crippen LogP contribution in [-0.2, 0) is 9.53 Å². The van der Waals surface area contributed by atoms with E-state index in [-0.39, 0.29) is 5.92 Å². The second-order valence-electron chi connectivity index (χ2n) is 3.63. The molecular formula is C11H22O2. The van der Waals surface area contributed by atoms with Crippen LogP contribution in [0.25, 0.3) is 0 Å². The summed E-state index contributed by atoms with van der Waals surface area (Å²) in [5, 5.41) is 0. The molecule has 0 saturated carbocycles. The van der Waals surface area contributed by atoms with Crippen molar-refractivity contribution in [3.8, 4) is 0 Å². The third kappa shape index (κ3) is 7.97. The van der Waals surface area contributed by atoms with Gasteiger partial charge in [0.2, 0.25) is 0 Å². The Morgan fingerprint density at radius 3 is 2.46 bits per heavy atom. The minimum atomic E-state index is 0.201. The van der Waals surface area contributed by atoms with Crippen molar-refractivity contribution in [2.75, 3.05) is 13.2 Å². The second-order valence-corrected chi connectivity index (χ2v) is 3.63. The Kier molecular flexibility index (Phi) is 8.00. The highest BCUT2D eigenvalue weighted by molar-refractivity contribution is 5.80. The van der Waals surface area contributed by atoms with E-state index in [1.54, 1.807) is 0 Å². The van der Waals surface area contributed by atoms with Crippen LogP contribution in [0.3, 0.4) is 0 Å². The van der Waals surface area contributed by atoms with Gasteiger partial charge in [0.05, 0.1) is 0 Å². The Morgan fingerprint density at radius 1 is 1.23 bits per heavy atom. The molecule has 13 heavy (non-hydrogen) atoms. The summed E-state index contributed by atoms with van der Waals surface area (Å²) < 4.78 is 5.20. The van der Waals surface area contributed by atoms with Crippen molar-refractivity contribution in [2.45, 2.75) is 46.5 Å². The lowest BCUT2D eigenvalue weighted by atomic mass is 10.0. The summed E-state index contributed by atoms with van der Waals surface area (Å²) in [7, 11) is 0. The van der Waals surface area contributed by atoms with Gasteiger partial charge in [-0.2, -0.15) is 0 Å². The van der Waals surface area contributed by atoms with Gasteiger partial charge in [-0.25, -0.2) is 0 Å². The van der Waals surface area contributed by atoms with Crippen LogP contribution < -0.4 is 0 Å². The molecule has 0 rings (SSSR count). The van der Waals surface area contributed by atoms with Crippen molar-refractivity contribution in [3.05, 3.63) is 0 Å². The molecular weight excluding hydrogens is 164 g/mol. The SMILES string of the molecule is CCOCCCCCC(=O)C(C)C. The van der Waals surface area contributed by atoms with Crippen molar-refractivity contribution >= 4 is 5.78 Å². The molecule has 0 amide bonds. The number of carbonyl (C=O) groups is 1. The highest BCUT2D eigenvalue weighted by atomic mass is 16.5. The summed E-state index contributed by atoms with van der Waals surface area (Å²) in [6.45, 7) is 7.56. The number of ketones is 1. The van der Waals surface area contributed by atoms with Gasteiger partial charge in [-0.1, -0.05) is 20.3 Å². The smallest absolute Gasteiger partial charge is 0.135 e. The Hall–Kier alpha value is -0.370. The van der Waals surface area contributed by atoms with Crippen LogP contribution in [0, 0.1) is 5.92 Å². The van der Waals surface area contributed by atoms with Crippen LogP contribution in [0.1, 0.15) is 46.5 Å². The molecule has 0 unspecified atom stereocenters. The average molecular weight is 186 g/mol. The van der Waals surface area contributed by atoms with Crippen molar-refractivity contribution < 1.29 is 9.53 Å². The lowest BCUT2D eigenvalue weighted by Gasteiger charge is -2.03. The molecule has 0 heterocycles. The maximum atomic E-state index is 11.2. The average Bonchev–Trinajstić information content (AvgIpc) is 2.10. The first kappa shape index (κ1) is 12.6. The van der Waals surface area contributed by atoms with E-state index in [0.29, 0.717) is 5.78 Å². The van der Waals surface area contributed by atoms with Crippen molar-refractivity contribution in [1.29, 1.82) is 0 Å². The molecule has 78 valence electrons. The van der Waals surface area contributed by atoms with Gasteiger partial charge in [0, 0.05) is 25.6 Å². The van der Waals surface area contributed by atoms with E-state index in [1.807, 2.05) is 20.8 Å². The number of carbonyl (C=O) groups excluding carboxylic acids is 1. The summed E-state index contributed by atoms with van der Waals surface area (Å²) in [6.07, 6.45) is 3.95. The van der Waals surface area contributed by atoms with E-state index >= 15 is 0 Å². The molecule has 0 spiro atoms. The number of hydrogen-bond donors (Lipinski definition) is 0. The molecule has 0 aliphatic rings. The van der Waals surface area contributed by atoms with E-state index in [9.17, 15) is 4.79 Å². The van der Waals surface area contributed by atoms with Crippen molar-refractivity contribution in [1.82, 2.24) is 0 Å². The van der Waals surface area contributed by atoms with Gasteiger partial charge in [0.1, 0.15) is 5.78 Å². The Bertz CT molecular complexity index is 130. The fourth-order valence-electron chi connectivity index (χ4n) is 1.11. The predicted molar refractivity (Wildman–Crippen MR) is 54.8 cm³/mol. The van der Waals surface area contributed by atoms with Gasteiger partial charge in [-0.15, -0.1) is 0 Å². The summed E-state index contributed by atoms with van der Waals surface area (Å²) in [6, 6.07) is 0. The van der Waals surface area contributed by atoms with Gasteiger partial charge >= 0.3 is 0 Å². The zero-order chi connectivity index (χ0) is 10.1. The molecule has 2 nitrogen and oxygen atoms in total. The van der Waals surface area contributed by atoms with Gasteiger partial charge in [-0.3, -0.25) is 4.79 Å². The van der Waals surface area contributed by atoms with Gasteiger partial charge < -0.3 is 4.74 Å². The van der Waals surface area contributed by atoms with Crippen LogP contribution in [0.5, 0.6) is 0 Å². The summed E-state index contributed by atoms with van der Waals surface area (Å²) in [5.74, 6) is 0.586. The Balaban J connectivity index is 3.12. The fraction of sp³-hybridized carbons (Fsp3) is 0.909. The monoisotopic (exact) mass is 186 g/mol. The fourth-order valence-corrected chi connectivity index (χ4v) is 1.11. The highest BCUT2D eigenvalue weighted by Gasteiger charge is 2.05. The first-order chi connectivity index (χ1) is 6.18. The van der Waals surface area contributed by atoms with Crippen LogP contribution >= 0.6 is 0 Å². The third-order valence-electron chi connectivity index (χ3n) is 2.06. The molecule has 0 radical (unpaired) electrons. The Labute approximate surface area is 81.7 Å². The molecule has 0 N–H and O–H groups in total. The van der Waals surface area contributed by atoms with Crippen LogP contribution in [-0.4, -0.2) is 19.0 Å². The zero-order valence-electron chi connectivity index (χ0n) is 9.14. The summed E-state index contributed by atoms with van der Waals surface area (Å²) in [5.41, 5.74) is 0. The number of rotatable bonds is 8. The number of ether oxygens (including phenoxy) is 1. The molecule has 0 aliphatic heterocycles. The number of hydrogen-bond acceptors (Lipinski definition) is 2. The minimum absolute atomic E-state index is 0.201. The van der Waals surface area contributed by atoms with Gasteiger partial charge in [0.15, 0.2) is 0 Å². The summed E-state index contributed by atoms with van der Waals surface area (Å²) >= 11 is 0. The number of unbranched alkanes of at least 4 members (excludes halogenated alkanes) is 2. The van der Waals surface area contributed by atoms with E-state index in [1.165, 1.54) is 0 Å². The van der Waals surface area contributed by atoms with E-state index in [2.05, 4.69) is 0 Å². The molecule has 0 atom stereocenters. The molecule has 0 aromatic rings. The molecule has 0 saturated heterocycles. The first-order valence-corrected chi connectivity index (χ1v) is 5.29.